The lowest BCUT2D eigenvalue weighted by molar-refractivity contribution is 0.266. The molecule has 13 nitrogen and oxygen atoms in total. The summed E-state index contributed by atoms with van der Waals surface area (Å²) in [7, 11) is 0.668. The summed E-state index contributed by atoms with van der Waals surface area (Å²) in [5, 5.41) is 13.8. The SMILES string of the molecule is COc1cc(-n2cnc(Nc3nc(N4CCC[C@@H]4CO)c4ccn(S(=O)(=O)c5ccc(C)cc5)c4n3)c2)cc(OC)c1OC. The highest BCUT2D eigenvalue weighted by molar-refractivity contribution is 7.90. The molecule has 6 rings (SSSR count). The van der Waals surface area contributed by atoms with E-state index < -0.39 is 10.0 Å². The molecule has 44 heavy (non-hydrogen) atoms. The van der Waals surface area contributed by atoms with E-state index in [-0.39, 0.29) is 29.1 Å². The van der Waals surface area contributed by atoms with Gasteiger partial charge in [0.15, 0.2) is 23.0 Å². The zero-order valence-electron chi connectivity index (χ0n) is 24.8. The van der Waals surface area contributed by atoms with Crippen LogP contribution in [-0.4, -0.2) is 77.5 Å². The van der Waals surface area contributed by atoms with Crippen LogP contribution >= 0.6 is 0 Å². The van der Waals surface area contributed by atoms with Crippen LogP contribution in [0.3, 0.4) is 0 Å². The molecule has 230 valence electrons. The second-order valence-electron chi connectivity index (χ2n) is 10.4. The smallest absolute Gasteiger partial charge is 0.269 e. The predicted molar refractivity (Wildman–Crippen MR) is 165 cm³/mol. The van der Waals surface area contributed by atoms with Crippen molar-refractivity contribution in [2.45, 2.75) is 30.7 Å². The Labute approximate surface area is 254 Å². The van der Waals surface area contributed by atoms with Gasteiger partial charge >= 0.3 is 0 Å². The lowest BCUT2D eigenvalue weighted by Gasteiger charge is -2.25. The quantitative estimate of drug-likeness (QED) is 0.235. The molecule has 1 fully saturated rings. The van der Waals surface area contributed by atoms with Gasteiger partial charge in [-0.15, -0.1) is 0 Å². The number of nitrogens with zero attached hydrogens (tertiary/aromatic N) is 6. The molecule has 1 saturated heterocycles. The molecule has 0 saturated carbocycles. The van der Waals surface area contributed by atoms with E-state index >= 15 is 0 Å². The maximum atomic E-state index is 13.7. The zero-order chi connectivity index (χ0) is 31.0. The molecule has 14 heteroatoms. The summed E-state index contributed by atoms with van der Waals surface area (Å²) < 4.78 is 46.8. The first-order valence-corrected chi connectivity index (χ1v) is 15.4. The topological polar surface area (TPSA) is 146 Å². The first-order chi connectivity index (χ1) is 21.3. The number of aliphatic hydroxyl groups excluding tert-OH is 1. The van der Waals surface area contributed by atoms with Crippen molar-refractivity contribution in [1.82, 2.24) is 23.5 Å². The summed E-state index contributed by atoms with van der Waals surface area (Å²) in [4.78, 5) is 16.1. The van der Waals surface area contributed by atoms with Crippen LogP contribution in [0.15, 0.2) is 66.1 Å². The molecule has 1 atom stereocenters. The molecular formula is C30H33N7O6S. The number of rotatable bonds is 10. The molecule has 0 aliphatic carbocycles. The summed E-state index contributed by atoms with van der Waals surface area (Å²) in [5.41, 5.74) is 1.87. The molecule has 2 aromatic carbocycles. The lowest BCUT2D eigenvalue weighted by Crippen LogP contribution is -2.33. The first-order valence-electron chi connectivity index (χ1n) is 14.0. The minimum Gasteiger partial charge on any atom is -0.493 e. The van der Waals surface area contributed by atoms with Gasteiger partial charge in [0.25, 0.3) is 10.0 Å². The number of nitrogens with one attached hydrogen (secondary N) is 1. The molecule has 0 bridgehead atoms. The number of ether oxygens (including phenoxy) is 3. The number of anilines is 3. The van der Waals surface area contributed by atoms with Gasteiger partial charge in [-0.1, -0.05) is 17.7 Å². The molecule has 2 N–H and O–H groups in total. The number of imidazole rings is 1. The van der Waals surface area contributed by atoms with E-state index in [0.29, 0.717) is 46.5 Å². The fraction of sp³-hybridized carbons (Fsp3) is 0.300. The fourth-order valence-electron chi connectivity index (χ4n) is 5.43. The Morgan fingerprint density at radius 2 is 1.75 bits per heavy atom. The second kappa shape index (κ2) is 11.7. The minimum atomic E-state index is -3.96. The maximum Gasteiger partial charge on any atom is 0.269 e. The van der Waals surface area contributed by atoms with Gasteiger partial charge in [-0.25, -0.2) is 17.4 Å². The molecule has 4 heterocycles. The third kappa shape index (κ3) is 5.15. The van der Waals surface area contributed by atoms with Gasteiger partial charge < -0.3 is 34.1 Å². The van der Waals surface area contributed by atoms with Crippen molar-refractivity contribution in [3.63, 3.8) is 0 Å². The van der Waals surface area contributed by atoms with Crippen LogP contribution in [0.25, 0.3) is 16.7 Å². The molecule has 3 aromatic heterocycles. The number of benzene rings is 2. The maximum absolute atomic E-state index is 13.7. The zero-order valence-corrected chi connectivity index (χ0v) is 25.6. The Balaban J connectivity index is 1.42. The molecule has 1 aliphatic rings. The minimum absolute atomic E-state index is 0.0458. The standard InChI is InChI=1S/C30H33N7O6S/c1-19-7-9-22(10-8-19)44(39,40)37-13-11-23-28(36-12-5-6-20(36)17-38)33-30(34-29(23)37)32-26-16-35(18-31-26)21-14-24(41-2)27(43-4)25(15-21)42-3/h7-11,13-16,18,20,38H,5-6,12,17H2,1-4H3,(H,32,33,34)/t20-/m1/s1. The highest BCUT2D eigenvalue weighted by Gasteiger charge is 2.30. The average Bonchev–Trinajstić information content (AvgIpc) is 3.80. The van der Waals surface area contributed by atoms with Gasteiger partial charge in [-0.3, -0.25) is 0 Å². The number of hydrogen-bond acceptors (Lipinski definition) is 11. The number of fused-ring (bicyclic) bond motifs is 1. The average molecular weight is 620 g/mol. The van der Waals surface area contributed by atoms with Gasteiger partial charge in [-0.2, -0.15) is 9.97 Å². The van der Waals surface area contributed by atoms with Crippen LogP contribution < -0.4 is 24.4 Å². The molecule has 5 aromatic rings. The third-order valence-electron chi connectivity index (χ3n) is 7.70. The van der Waals surface area contributed by atoms with E-state index in [4.69, 9.17) is 19.2 Å². The highest BCUT2D eigenvalue weighted by Crippen LogP contribution is 2.39. The van der Waals surface area contributed by atoms with Crippen molar-refractivity contribution in [1.29, 1.82) is 0 Å². The van der Waals surface area contributed by atoms with Gasteiger partial charge in [0.05, 0.1) is 56.1 Å². The number of methoxy groups -OCH3 is 3. The van der Waals surface area contributed by atoms with Crippen LogP contribution in [0, 0.1) is 6.92 Å². The van der Waals surface area contributed by atoms with Gasteiger partial charge in [-0.05, 0) is 38.0 Å². The molecule has 1 aliphatic heterocycles. The molecule has 0 spiro atoms. The monoisotopic (exact) mass is 619 g/mol. The van der Waals surface area contributed by atoms with Crippen molar-refractivity contribution in [3.05, 3.63) is 66.7 Å². The summed E-state index contributed by atoms with van der Waals surface area (Å²) in [6.07, 6.45) is 6.51. The van der Waals surface area contributed by atoms with Gasteiger partial charge in [0, 0.05) is 24.9 Å². The third-order valence-corrected chi connectivity index (χ3v) is 9.38. The normalized spacial score (nSPS) is 15.1. The fourth-order valence-corrected chi connectivity index (χ4v) is 6.73. The van der Waals surface area contributed by atoms with Crippen LogP contribution in [0.5, 0.6) is 17.2 Å². The van der Waals surface area contributed by atoms with Crippen molar-refractivity contribution in [3.8, 4) is 22.9 Å². The lowest BCUT2D eigenvalue weighted by atomic mass is 10.2. The summed E-state index contributed by atoms with van der Waals surface area (Å²) >= 11 is 0. The van der Waals surface area contributed by atoms with E-state index in [1.54, 1.807) is 73.8 Å². The number of aryl methyl sites for hydroxylation is 1. The van der Waals surface area contributed by atoms with Crippen LogP contribution in [-0.2, 0) is 10.0 Å². The predicted octanol–water partition coefficient (Wildman–Crippen LogP) is 3.89. The van der Waals surface area contributed by atoms with E-state index in [1.165, 1.54) is 17.3 Å². The highest BCUT2D eigenvalue weighted by atomic mass is 32.2. The summed E-state index contributed by atoms with van der Waals surface area (Å²) in [6.45, 7) is 2.52. The van der Waals surface area contributed by atoms with E-state index in [9.17, 15) is 13.5 Å². The van der Waals surface area contributed by atoms with Crippen molar-refractivity contribution < 1.29 is 27.7 Å². The largest absolute Gasteiger partial charge is 0.493 e. The van der Waals surface area contributed by atoms with Crippen molar-refractivity contribution in [2.75, 3.05) is 44.7 Å². The van der Waals surface area contributed by atoms with Crippen LogP contribution in [0.4, 0.5) is 17.6 Å². The van der Waals surface area contributed by atoms with Gasteiger partial charge in [0.2, 0.25) is 11.7 Å². The summed E-state index contributed by atoms with van der Waals surface area (Å²) in [6, 6.07) is 11.8. The van der Waals surface area contributed by atoms with Gasteiger partial charge in [0.1, 0.15) is 12.1 Å². The van der Waals surface area contributed by atoms with Crippen molar-refractivity contribution in [2.24, 2.45) is 0 Å². The van der Waals surface area contributed by atoms with Crippen LogP contribution in [0.1, 0.15) is 18.4 Å². The number of aromatic nitrogens is 5. The molecule has 0 radical (unpaired) electrons. The summed E-state index contributed by atoms with van der Waals surface area (Å²) in [5.74, 6) is 2.56. The van der Waals surface area contributed by atoms with Crippen molar-refractivity contribution >= 4 is 38.6 Å². The van der Waals surface area contributed by atoms with E-state index in [2.05, 4.69) is 15.3 Å². The first kappa shape index (κ1) is 29.3. The molecule has 0 unspecified atom stereocenters. The Kier molecular flexibility index (Phi) is 7.78. The number of aliphatic hydroxyl groups is 1. The van der Waals surface area contributed by atoms with Crippen LogP contribution in [0.2, 0.25) is 0 Å². The Morgan fingerprint density at radius 3 is 2.41 bits per heavy atom. The number of hydrogen-bond donors (Lipinski definition) is 2. The second-order valence-corrected chi connectivity index (χ2v) is 12.2. The van der Waals surface area contributed by atoms with E-state index in [0.717, 1.165) is 18.4 Å². The Bertz CT molecular complexity index is 1900. The van der Waals surface area contributed by atoms with E-state index in [1.807, 2.05) is 11.8 Å². The molecular weight excluding hydrogens is 586 g/mol. The molecule has 0 amide bonds. The Morgan fingerprint density at radius 1 is 1.02 bits per heavy atom. The Hall–Kier alpha value is -4.82.